The van der Waals surface area contributed by atoms with E-state index in [1.807, 2.05) is 20.8 Å². The van der Waals surface area contributed by atoms with Crippen LogP contribution in [-0.4, -0.2) is 117 Å². The molecule has 0 saturated heterocycles. The van der Waals surface area contributed by atoms with Crippen molar-refractivity contribution in [2.24, 2.45) is 0 Å². The van der Waals surface area contributed by atoms with Gasteiger partial charge in [0.15, 0.2) is 0 Å². The van der Waals surface area contributed by atoms with Crippen LogP contribution in [0.2, 0.25) is 0 Å². The maximum atomic E-state index is 10.2. The molecule has 0 aliphatic heterocycles. The lowest BCUT2D eigenvalue weighted by Crippen LogP contribution is -2.34. The number of hydrogen-bond acceptors (Lipinski definition) is 17. The van der Waals surface area contributed by atoms with Crippen molar-refractivity contribution >= 4 is 55.8 Å². The molecule has 3 unspecified atom stereocenters. The molecular weight excluding hydrogens is 807 g/mol. The predicted octanol–water partition coefficient (Wildman–Crippen LogP) is -4.27. The molecule has 0 aliphatic rings. The van der Waals surface area contributed by atoms with Crippen LogP contribution >= 0.6 is 37.9 Å². The van der Waals surface area contributed by atoms with Gasteiger partial charge >= 0.3 is 69.1 Å². The summed E-state index contributed by atoms with van der Waals surface area (Å²) in [6.07, 6.45) is 2.63. The van der Waals surface area contributed by atoms with E-state index < -0.39 is 69.1 Å². The van der Waals surface area contributed by atoms with Gasteiger partial charge in [-0.15, -0.1) is 0 Å². The molecule has 314 valence electrons. The molecule has 0 aromatic carbocycles. The van der Waals surface area contributed by atoms with Crippen molar-refractivity contribution in [2.75, 3.05) is 13.2 Å². The summed E-state index contributed by atoms with van der Waals surface area (Å²) < 4.78 is 0. The average molecular weight is 852 g/mol. The minimum Gasteiger partial charge on any atom is -0.481 e. The maximum absolute atomic E-state index is 10.2. The Morgan fingerprint density at radius 3 is 0.582 bits per heavy atom. The molecule has 3 heterocycles. The Morgan fingerprint density at radius 2 is 0.527 bits per heavy atom. The number of rotatable bonds is 10. The highest BCUT2D eigenvalue weighted by atomic mass is 32.1. The lowest BCUT2D eigenvalue weighted by molar-refractivity contribution is -0.138. The van der Waals surface area contributed by atoms with Gasteiger partial charge in [0.25, 0.3) is 0 Å². The number of aliphatic hydroxyl groups is 2. The standard InChI is InChI=1S/3C5H10O2S.3C3H3N3O3.C2H6O2/c3*1-4(8)2-3-5(6)7;3*7-1-4-2(8)6-3(9)5-1;3-1-2-4/h3*4,8H,2-3H2,1H3,(H,6,7);3*(H3,4,5,6,7,8,9);3-4H,1-2H2. The van der Waals surface area contributed by atoms with Crippen molar-refractivity contribution in [1.82, 2.24) is 44.9 Å². The van der Waals surface area contributed by atoms with Crippen LogP contribution in [0.3, 0.4) is 0 Å². The van der Waals surface area contributed by atoms with Crippen LogP contribution in [0.4, 0.5) is 0 Å². The highest BCUT2D eigenvalue weighted by Gasteiger charge is 2.00. The van der Waals surface area contributed by atoms with Gasteiger partial charge < -0.3 is 25.5 Å². The second kappa shape index (κ2) is 34.4. The van der Waals surface area contributed by atoms with Crippen molar-refractivity contribution < 1.29 is 39.9 Å². The number of aromatic amines is 9. The summed E-state index contributed by atoms with van der Waals surface area (Å²) in [6.45, 7) is 5.39. The Bertz CT molecular complexity index is 1570. The van der Waals surface area contributed by atoms with Crippen molar-refractivity contribution in [1.29, 1.82) is 0 Å². The van der Waals surface area contributed by atoms with E-state index in [1.54, 1.807) is 44.9 Å². The average Bonchev–Trinajstić information content (AvgIpc) is 3.01. The molecule has 0 fully saturated rings. The van der Waals surface area contributed by atoms with E-state index >= 15 is 0 Å². The summed E-state index contributed by atoms with van der Waals surface area (Å²) in [5, 5.41) is 40.2. The first-order chi connectivity index (χ1) is 25.3. The zero-order valence-corrected chi connectivity index (χ0v) is 32.0. The van der Waals surface area contributed by atoms with Crippen LogP contribution in [0.15, 0.2) is 43.2 Å². The monoisotopic (exact) mass is 851 g/mol. The third-order valence-electron chi connectivity index (χ3n) is 4.47. The summed E-state index contributed by atoms with van der Waals surface area (Å²) >= 11 is 12.0. The summed E-state index contributed by atoms with van der Waals surface area (Å²) in [5.41, 5.74) is -7.22. The molecule has 0 amide bonds. The lowest BCUT2D eigenvalue weighted by atomic mass is 10.2. The predicted molar refractivity (Wildman–Crippen MR) is 205 cm³/mol. The minimum absolute atomic E-state index is 0.125. The van der Waals surface area contributed by atoms with E-state index in [2.05, 4.69) is 37.9 Å². The topological polar surface area (TPSA) is 448 Å². The number of H-pyrrole nitrogens is 9. The Morgan fingerprint density at radius 1 is 0.400 bits per heavy atom. The van der Waals surface area contributed by atoms with E-state index in [0.29, 0.717) is 19.3 Å². The van der Waals surface area contributed by atoms with Gasteiger partial charge in [-0.25, -0.2) is 43.2 Å². The van der Waals surface area contributed by atoms with Crippen molar-refractivity contribution in [3.05, 3.63) is 94.4 Å². The van der Waals surface area contributed by atoms with E-state index in [-0.39, 0.29) is 48.2 Å². The molecule has 3 aromatic heterocycles. The molecule has 55 heavy (non-hydrogen) atoms. The Balaban J connectivity index is -0.000000279. The molecule has 26 nitrogen and oxygen atoms in total. The van der Waals surface area contributed by atoms with Crippen molar-refractivity contribution in [3.8, 4) is 0 Å². The van der Waals surface area contributed by atoms with Crippen LogP contribution in [-0.2, 0) is 14.4 Å². The third-order valence-corrected chi connectivity index (χ3v) is 5.25. The number of thiol groups is 3. The van der Waals surface area contributed by atoms with E-state index in [4.69, 9.17) is 25.5 Å². The molecule has 3 atom stereocenters. The number of carboxylic acid groups (broad SMARTS) is 3. The fourth-order valence-corrected chi connectivity index (χ4v) is 2.59. The second-order valence-corrected chi connectivity index (χ2v) is 12.5. The first kappa shape index (κ1) is 56.4. The van der Waals surface area contributed by atoms with Crippen LogP contribution < -0.4 is 51.2 Å². The van der Waals surface area contributed by atoms with Gasteiger partial charge in [-0.1, -0.05) is 20.8 Å². The molecular formula is C26H45N9O17S3. The number of aliphatic carboxylic acids is 3. The van der Waals surface area contributed by atoms with Crippen LogP contribution in [0, 0.1) is 0 Å². The molecule has 0 saturated carbocycles. The van der Waals surface area contributed by atoms with Gasteiger partial charge in [0, 0.05) is 19.3 Å². The van der Waals surface area contributed by atoms with Gasteiger partial charge in [-0.2, -0.15) is 37.9 Å². The number of nitrogens with one attached hydrogen (secondary N) is 9. The molecule has 0 radical (unpaired) electrons. The molecule has 0 spiro atoms. The van der Waals surface area contributed by atoms with Crippen LogP contribution in [0.25, 0.3) is 0 Å². The van der Waals surface area contributed by atoms with Gasteiger partial charge in [0.1, 0.15) is 0 Å². The zero-order chi connectivity index (χ0) is 43.7. The number of aliphatic hydroxyl groups excluding tert-OH is 2. The minimum atomic E-state index is -0.802. The Labute approximate surface area is 322 Å². The molecule has 3 aromatic rings. The number of aromatic nitrogens is 9. The normalized spacial score (nSPS) is 10.9. The van der Waals surface area contributed by atoms with E-state index in [0.717, 1.165) is 0 Å². The molecule has 0 bridgehead atoms. The smallest absolute Gasteiger partial charge is 0.330 e. The number of carbonyl (C=O) groups is 3. The quantitative estimate of drug-likeness (QED) is 0.0859. The van der Waals surface area contributed by atoms with Crippen molar-refractivity contribution in [3.63, 3.8) is 0 Å². The van der Waals surface area contributed by atoms with E-state index in [9.17, 15) is 57.5 Å². The summed E-state index contributed by atoms with van der Waals surface area (Å²) in [5.74, 6) is -2.23. The van der Waals surface area contributed by atoms with Gasteiger partial charge in [-0.3, -0.25) is 59.2 Å². The van der Waals surface area contributed by atoms with E-state index in [1.165, 1.54) is 0 Å². The zero-order valence-electron chi connectivity index (χ0n) is 29.4. The first-order valence-corrected chi connectivity index (χ1v) is 16.6. The Hall–Kier alpha value is -5.39. The Kier molecular flexibility index (Phi) is 35.2. The summed E-state index contributed by atoms with van der Waals surface area (Å²) in [6, 6.07) is 0. The second-order valence-electron chi connectivity index (χ2n) is 9.88. The molecule has 29 heteroatoms. The molecule has 0 aliphatic carbocycles. The molecule has 14 N–H and O–H groups in total. The number of carboxylic acids is 3. The number of hydrogen-bond donors (Lipinski definition) is 17. The fourth-order valence-electron chi connectivity index (χ4n) is 2.21. The van der Waals surface area contributed by atoms with Gasteiger partial charge in [0.2, 0.25) is 0 Å². The molecule has 3 rings (SSSR count). The fraction of sp³-hybridized carbons (Fsp3) is 0.538. The summed E-state index contributed by atoms with van der Waals surface area (Å²) in [4.78, 5) is 137. The van der Waals surface area contributed by atoms with Gasteiger partial charge in [-0.05, 0) is 35.0 Å². The van der Waals surface area contributed by atoms with Crippen LogP contribution in [0.1, 0.15) is 59.3 Å². The highest BCUT2D eigenvalue weighted by Crippen LogP contribution is 2.03. The largest absolute Gasteiger partial charge is 0.481 e. The first-order valence-electron chi connectivity index (χ1n) is 15.0. The lowest BCUT2D eigenvalue weighted by Gasteiger charge is -1.96. The SMILES string of the molecule is CC(S)CCC(=O)O.CC(S)CCC(=O)O.CC(S)CCC(=O)O.O=c1[nH]c(=O)[nH]c(=O)[nH]1.O=c1[nH]c(=O)[nH]c(=O)[nH]1.O=c1[nH]c(=O)[nH]c(=O)[nH]1.OCCO. The third kappa shape index (κ3) is 48.6. The summed E-state index contributed by atoms with van der Waals surface area (Å²) in [7, 11) is 0. The highest BCUT2D eigenvalue weighted by molar-refractivity contribution is 7.81. The van der Waals surface area contributed by atoms with Gasteiger partial charge in [0.05, 0.1) is 13.2 Å². The maximum Gasteiger partial charge on any atom is 0.330 e. The van der Waals surface area contributed by atoms with Crippen LogP contribution in [0.5, 0.6) is 0 Å². The van der Waals surface area contributed by atoms with Crippen molar-refractivity contribution in [2.45, 2.75) is 75.0 Å².